The molecule has 2 atom stereocenters. The van der Waals surface area contributed by atoms with Crippen molar-refractivity contribution in [2.45, 2.75) is 12.2 Å². The summed E-state index contributed by atoms with van der Waals surface area (Å²) in [7, 11) is 0.995. The Kier molecular flexibility index (Phi) is 4.78. The highest BCUT2D eigenvalue weighted by molar-refractivity contribution is 5.94. The molecule has 8 nitrogen and oxygen atoms in total. The van der Waals surface area contributed by atoms with Gasteiger partial charge < -0.3 is 25.2 Å². The predicted molar refractivity (Wildman–Crippen MR) is 63.3 cm³/mol. The number of rotatable bonds is 5. The average molecular weight is 284 g/mol. The Morgan fingerprint density at radius 3 is 1.80 bits per heavy atom. The Morgan fingerprint density at radius 1 is 1.00 bits per heavy atom. The van der Waals surface area contributed by atoms with Crippen LogP contribution in [-0.2, 0) is 9.53 Å². The molecule has 20 heavy (non-hydrogen) atoms. The van der Waals surface area contributed by atoms with Gasteiger partial charge in [0.1, 0.15) is 6.10 Å². The van der Waals surface area contributed by atoms with E-state index in [0.717, 1.165) is 25.3 Å². The van der Waals surface area contributed by atoms with Crippen LogP contribution >= 0.6 is 0 Å². The number of hydrogen-bond donors (Lipinski definition) is 4. The molecule has 1 aromatic rings. The summed E-state index contributed by atoms with van der Waals surface area (Å²) in [6, 6.07) is 2.82. The molecule has 2 unspecified atom stereocenters. The van der Waals surface area contributed by atoms with Crippen LogP contribution in [0.15, 0.2) is 18.2 Å². The lowest BCUT2D eigenvalue weighted by molar-refractivity contribution is -0.156. The number of esters is 1. The Bertz CT molecular complexity index is 518. The van der Waals surface area contributed by atoms with Crippen LogP contribution in [0.4, 0.5) is 0 Å². The Hall–Kier alpha value is -2.45. The van der Waals surface area contributed by atoms with Crippen molar-refractivity contribution in [3.05, 3.63) is 34.9 Å². The third-order valence-electron chi connectivity index (χ3n) is 2.53. The van der Waals surface area contributed by atoms with E-state index in [0.29, 0.717) is 0 Å². The normalized spacial score (nSPS) is 13.3. The standard InChI is InChI=1S/C12H12O8/c1-20-12(19)9(14)8(13)5-2-6(10(15)16)4-7(3-5)11(17)18/h2-4,8-9,13-14H,1H3,(H,15,16)(H,17,18). The van der Waals surface area contributed by atoms with Gasteiger partial charge in [-0.15, -0.1) is 0 Å². The van der Waals surface area contributed by atoms with Crippen molar-refractivity contribution >= 4 is 17.9 Å². The lowest BCUT2D eigenvalue weighted by Crippen LogP contribution is -2.29. The van der Waals surface area contributed by atoms with Gasteiger partial charge in [-0.05, 0) is 23.8 Å². The average Bonchev–Trinajstić information content (AvgIpc) is 2.44. The molecular weight excluding hydrogens is 272 g/mol. The van der Waals surface area contributed by atoms with Gasteiger partial charge in [0.05, 0.1) is 18.2 Å². The van der Waals surface area contributed by atoms with E-state index in [-0.39, 0.29) is 5.56 Å². The lowest BCUT2D eigenvalue weighted by atomic mass is 9.98. The molecule has 0 saturated carbocycles. The first-order valence-electron chi connectivity index (χ1n) is 5.33. The zero-order chi connectivity index (χ0) is 15.4. The third-order valence-corrected chi connectivity index (χ3v) is 2.53. The second-order valence-corrected chi connectivity index (χ2v) is 3.87. The summed E-state index contributed by atoms with van der Waals surface area (Å²) in [5.74, 6) is -3.95. The van der Waals surface area contributed by atoms with Crippen LogP contribution in [0.25, 0.3) is 0 Å². The van der Waals surface area contributed by atoms with Crippen LogP contribution in [0.2, 0.25) is 0 Å². The number of aromatic carboxylic acids is 2. The summed E-state index contributed by atoms with van der Waals surface area (Å²) in [4.78, 5) is 32.9. The van der Waals surface area contributed by atoms with E-state index in [1.807, 2.05) is 0 Å². The molecule has 0 heterocycles. The highest BCUT2D eigenvalue weighted by Crippen LogP contribution is 2.21. The summed E-state index contributed by atoms with van der Waals surface area (Å²) >= 11 is 0. The van der Waals surface area contributed by atoms with E-state index in [1.54, 1.807) is 0 Å². The molecule has 0 bridgehead atoms. The molecule has 0 amide bonds. The number of ether oxygens (including phenoxy) is 1. The molecule has 4 N–H and O–H groups in total. The Labute approximate surface area is 112 Å². The number of hydrogen-bond acceptors (Lipinski definition) is 6. The largest absolute Gasteiger partial charge is 0.478 e. The van der Waals surface area contributed by atoms with Crippen LogP contribution in [0, 0.1) is 0 Å². The van der Waals surface area contributed by atoms with Gasteiger partial charge in [-0.1, -0.05) is 0 Å². The second kappa shape index (κ2) is 6.13. The Morgan fingerprint density at radius 2 is 1.45 bits per heavy atom. The highest BCUT2D eigenvalue weighted by Gasteiger charge is 2.28. The van der Waals surface area contributed by atoms with E-state index in [1.165, 1.54) is 0 Å². The first-order valence-corrected chi connectivity index (χ1v) is 5.33. The number of methoxy groups -OCH3 is 1. The molecule has 0 aliphatic heterocycles. The number of carbonyl (C=O) groups is 3. The summed E-state index contributed by atoms with van der Waals surface area (Å²) in [5, 5.41) is 37.0. The molecule has 0 spiro atoms. The molecule has 108 valence electrons. The van der Waals surface area contributed by atoms with Gasteiger partial charge in [0.2, 0.25) is 0 Å². The molecule has 0 fully saturated rings. The minimum Gasteiger partial charge on any atom is -0.478 e. The summed E-state index contributed by atoms with van der Waals surface area (Å²) < 4.78 is 4.23. The maximum absolute atomic E-state index is 11.1. The number of carboxylic acids is 2. The van der Waals surface area contributed by atoms with E-state index in [9.17, 15) is 24.6 Å². The fraction of sp³-hybridized carbons (Fsp3) is 0.250. The van der Waals surface area contributed by atoms with Crippen molar-refractivity contribution < 1.29 is 39.5 Å². The van der Waals surface area contributed by atoms with Crippen molar-refractivity contribution in [3.8, 4) is 0 Å². The van der Waals surface area contributed by atoms with Crippen molar-refractivity contribution in [3.63, 3.8) is 0 Å². The third kappa shape index (κ3) is 3.31. The fourth-order valence-electron chi connectivity index (χ4n) is 1.50. The first-order chi connectivity index (χ1) is 9.27. The smallest absolute Gasteiger partial charge is 0.337 e. The second-order valence-electron chi connectivity index (χ2n) is 3.87. The van der Waals surface area contributed by atoms with Crippen LogP contribution < -0.4 is 0 Å². The first kappa shape index (κ1) is 15.6. The predicted octanol–water partition coefficient (Wildman–Crippen LogP) is -0.350. The quantitative estimate of drug-likeness (QED) is 0.537. The lowest BCUT2D eigenvalue weighted by Gasteiger charge is -2.17. The maximum Gasteiger partial charge on any atom is 0.337 e. The van der Waals surface area contributed by atoms with Crippen molar-refractivity contribution in [2.24, 2.45) is 0 Å². The van der Waals surface area contributed by atoms with Gasteiger partial charge in [0.15, 0.2) is 6.10 Å². The van der Waals surface area contributed by atoms with Crippen molar-refractivity contribution in [2.75, 3.05) is 7.11 Å². The summed E-state index contributed by atoms with van der Waals surface area (Å²) in [5.41, 5.74) is -1.01. The van der Waals surface area contributed by atoms with E-state index < -0.39 is 41.2 Å². The van der Waals surface area contributed by atoms with Crippen LogP contribution in [0.3, 0.4) is 0 Å². The number of benzene rings is 1. The van der Waals surface area contributed by atoms with Gasteiger partial charge in [-0.25, -0.2) is 14.4 Å². The maximum atomic E-state index is 11.1. The topological polar surface area (TPSA) is 141 Å². The number of carboxylic acid groups (broad SMARTS) is 2. The van der Waals surface area contributed by atoms with E-state index in [2.05, 4.69) is 4.74 Å². The Balaban J connectivity index is 3.26. The zero-order valence-electron chi connectivity index (χ0n) is 10.3. The molecule has 0 aliphatic carbocycles. The minimum absolute atomic E-state index is 0.222. The number of aliphatic hydroxyl groups excluding tert-OH is 2. The molecule has 8 heteroatoms. The molecule has 0 aromatic heterocycles. The molecule has 1 rings (SSSR count). The minimum atomic E-state index is -1.95. The monoisotopic (exact) mass is 284 g/mol. The van der Waals surface area contributed by atoms with Crippen LogP contribution in [0.5, 0.6) is 0 Å². The molecule has 0 aliphatic rings. The van der Waals surface area contributed by atoms with Crippen molar-refractivity contribution in [1.29, 1.82) is 0 Å². The van der Waals surface area contributed by atoms with Gasteiger partial charge in [0, 0.05) is 0 Å². The SMILES string of the molecule is COC(=O)C(O)C(O)c1cc(C(=O)O)cc(C(=O)O)c1. The van der Waals surface area contributed by atoms with Crippen LogP contribution in [-0.4, -0.2) is 51.5 Å². The number of carbonyl (C=O) groups excluding carboxylic acids is 1. The summed E-state index contributed by atoms with van der Waals surface area (Å²) in [6.45, 7) is 0. The molecule has 0 radical (unpaired) electrons. The number of aliphatic hydroxyl groups is 2. The molecule has 1 aromatic carbocycles. The van der Waals surface area contributed by atoms with Gasteiger partial charge in [-0.3, -0.25) is 0 Å². The van der Waals surface area contributed by atoms with Gasteiger partial charge in [-0.2, -0.15) is 0 Å². The molecular formula is C12H12O8. The highest BCUT2D eigenvalue weighted by atomic mass is 16.5. The van der Waals surface area contributed by atoms with Gasteiger partial charge >= 0.3 is 17.9 Å². The molecule has 0 saturated heterocycles. The van der Waals surface area contributed by atoms with E-state index >= 15 is 0 Å². The zero-order valence-corrected chi connectivity index (χ0v) is 10.3. The summed E-state index contributed by atoms with van der Waals surface area (Å²) in [6.07, 6.45) is -3.76. The van der Waals surface area contributed by atoms with Crippen LogP contribution in [0.1, 0.15) is 32.4 Å². The van der Waals surface area contributed by atoms with Gasteiger partial charge in [0.25, 0.3) is 0 Å². The fourth-order valence-corrected chi connectivity index (χ4v) is 1.50. The van der Waals surface area contributed by atoms with E-state index in [4.69, 9.17) is 10.2 Å². The van der Waals surface area contributed by atoms with Crippen molar-refractivity contribution in [1.82, 2.24) is 0 Å².